The molecule has 0 radical (unpaired) electrons. The Bertz CT molecular complexity index is 961. The molecule has 6 nitrogen and oxygen atoms in total. The lowest BCUT2D eigenvalue weighted by Crippen LogP contribution is -1.88. The predicted molar refractivity (Wildman–Crippen MR) is 94.6 cm³/mol. The fourth-order valence-corrected chi connectivity index (χ4v) is 3.14. The Labute approximate surface area is 148 Å². The van der Waals surface area contributed by atoms with Gasteiger partial charge in [-0.1, -0.05) is 23.9 Å². The number of hydrogen-bond acceptors (Lipinski definition) is 7. The SMILES string of the molecule is COc1ccc(-c2nnc([C@H](C)Sc3nc4ccccc4o3)o2)cc1. The fourth-order valence-electron chi connectivity index (χ4n) is 2.35. The molecular weight excluding hydrogens is 338 g/mol. The maximum atomic E-state index is 5.80. The van der Waals surface area contributed by atoms with Crippen molar-refractivity contribution in [3.8, 4) is 17.2 Å². The van der Waals surface area contributed by atoms with Gasteiger partial charge in [0.1, 0.15) is 11.3 Å². The number of hydrogen-bond donors (Lipinski definition) is 0. The van der Waals surface area contributed by atoms with E-state index >= 15 is 0 Å². The maximum Gasteiger partial charge on any atom is 0.257 e. The molecule has 0 aliphatic carbocycles. The minimum absolute atomic E-state index is 0.0763. The molecule has 0 amide bonds. The van der Waals surface area contributed by atoms with Crippen molar-refractivity contribution in [2.75, 3.05) is 7.11 Å². The van der Waals surface area contributed by atoms with E-state index in [-0.39, 0.29) is 5.25 Å². The molecule has 2 heterocycles. The van der Waals surface area contributed by atoms with E-state index in [9.17, 15) is 0 Å². The lowest BCUT2D eigenvalue weighted by molar-refractivity contribution is 0.415. The second-order valence-corrected chi connectivity index (χ2v) is 6.67. The van der Waals surface area contributed by atoms with Gasteiger partial charge in [0, 0.05) is 5.56 Å². The van der Waals surface area contributed by atoms with Crippen molar-refractivity contribution in [3.05, 3.63) is 54.4 Å². The number of aromatic nitrogens is 3. The van der Waals surface area contributed by atoms with Crippen LogP contribution in [0.15, 0.2) is 62.6 Å². The summed E-state index contributed by atoms with van der Waals surface area (Å²) in [5.74, 6) is 1.78. The zero-order valence-corrected chi connectivity index (χ0v) is 14.5. The number of thioether (sulfide) groups is 1. The minimum Gasteiger partial charge on any atom is -0.497 e. The molecule has 0 aliphatic heterocycles. The topological polar surface area (TPSA) is 74.2 Å². The molecule has 0 aliphatic rings. The van der Waals surface area contributed by atoms with Crippen LogP contribution in [-0.4, -0.2) is 22.3 Å². The fraction of sp³-hybridized carbons (Fsp3) is 0.167. The van der Waals surface area contributed by atoms with E-state index in [1.807, 2.05) is 55.5 Å². The highest BCUT2D eigenvalue weighted by Crippen LogP contribution is 2.36. The van der Waals surface area contributed by atoms with Gasteiger partial charge in [-0.05, 0) is 43.3 Å². The van der Waals surface area contributed by atoms with Crippen molar-refractivity contribution in [3.63, 3.8) is 0 Å². The molecule has 0 fully saturated rings. The van der Waals surface area contributed by atoms with Crippen LogP contribution in [0.25, 0.3) is 22.6 Å². The van der Waals surface area contributed by atoms with E-state index in [0.29, 0.717) is 17.0 Å². The summed E-state index contributed by atoms with van der Waals surface area (Å²) < 4.78 is 16.7. The third-order valence-electron chi connectivity index (χ3n) is 3.68. The van der Waals surface area contributed by atoms with E-state index < -0.39 is 0 Å². The zero-order valence-electron chi connectivity index (χ0n) is 13.7. The summed E-state index contributed by atoms with van der Waals surface area (Å²) >= 11 is 1.44. The Balaban J connectivity index is 1.52. The molecule has 0 spiro atoms. The lowest BCUT2D eigenvalue weighted by Gasteiger charge is -2.02. The van der Waals surface area contributed by atoms with Gasteiger partial charge in [-0.2, -0.15) is 0 Å². The van der Waals surface area contributed by atoms with E-state index in [2.05, 4.69) is 15.2 Å². The standard InChI is InChI=1S/C18H15N3O3S/c1-11(25-18-19-14-5-3-4-6-15(14)23-18)16-20-21-17(24-16)12-7-9-13(22-2)10-8-12/h3-11H,1-2H3/t11-/m0/s1. The molecule has 4 rings (SSSR count). The second kappa shape index (κ2) is 6.60. The van der Waals surface area contributed by atoms with Crippen molar-refractivity contribution in [2.45, 2.75) is 17.4 Å². The number of methoxy groups -OCH3 is 1. The van der Waals surface area contributed by atoms with Crippen molar-refractivity contribution < 1.29 is 13.6 Å². The summed E-state index contributed by atoms with van der Waals surface area (Å²) in [6.07, 6.45) is 0. The molecule has 0 N–H and O–H groups in total. The summed E-state index contributed by atoms with van der Waals surface area (Å²) in [7, 11) is 1.63. The Morgan fingerprint density at radius 3 is 2.56 bits per heavy atom. The molecule has 7 heteroatoms. The summed E-state index contributed by atoms with van der Waals surface area (Å²) in [6, 6.07) is 15.1. The van der Waals surface area contributed by atoms with Crippen LogP contribution in [-0.2, 0) is 0 Å². The van der Waals surface area contributed by atoms with Crippen LogP contribution in [0.2, 0.25) is 0 Å². The van der Waals surface area contributed by atoms with Gasteiger partial charge in [0.05, 0.1) is 12.4 Å². The largest absolute Gasteiger partial charge is 0.497 e. The first-order valence-electron chi connectivity index (χ1n) is 7.73. The minimum atomic E-state index is -0.0763. The van der Waals surface area contributed by atoms with Crippen molar-refractivity contribution in [1.29, 1.82) is 0 Å². The van der Waals surface area contributed by atoms with Crippen molar-refractivity contribution >= 4 is 22.9 Å². The van der Waals surface area contributed by atoms with Gasteiger partial charge < -0.3 is 13.6 Å². The smallest absolute Gasteiger partial charge is 0.257 e. The summed E-state index contributed by atoms with van der Waals surface area (Å²) in [4.78, 5) is 4.45. The molecule has 2 aromatic heterocycles. The summed E-state index contributed by atoms with van der Waals surface area (Å²) in [5.41, 5.74) is 2.45. The van der Waals surface area contributed by atoms with Crippen LogP contribution in [0.4, 0.5) is 0 Å². The third-order valence-corrected chi connectivity index (χ3v) is 4.61. The number of ether oxygens (including phenoxy) is 1. The highest BCUT2D eigenvalue weighted by Gasteiger charge is 2.19. The second-order valence-electron chi connectivity index (χ2n) is 5.38. The van der Waals surface area contributed by atoms with E-state index in [1.165, 1.54) is 11.8 Å². The normalized spacial score (nSPS) is 12.4. The van der Waals surface area contributed by atoms with Gasteiger partial charge in [0.15, 0.2) is 5.58 Å². The molecule has 0 saturated carbocycles. The molecule has 0 unspecified atom stereocenters. The Kier molecular flexibility index (Phi) is 4.15. The first-order chi connectivity index (χ1) is 12.2. The van der Waals surface area contributed by atoms with Gasteiger partial charge in [0.2, 0.25) is 11.8 Å². The summed E-state index contributed by atoms with van der Waals surface area (Å²) in [5, 5.41) is 8.78. The first kappa shape index (κ1) is 15.7. The third kappa shape index (κ3) is 3.23. The molecule has 0 saturated heterocycles. The number of nitrogens with zero attached hydrogens (tertiary/aromatic N) is 3. The molecular formula is C18H15N3O3S. The quantitative estimate of drug-likeness (QED) is 0.480. The molecule has 25 heavy (non-hydrogen) atoms. The van der Waals surface area contributed by atoms with Crippen LogP contribution >= 0.6 is 11.8 Å². The monoisotopic (exact) mass is 353 g/mol. The number of para-hydroxylation sites is 2. The Hall–Kier alpha value is -2.80. The molecule has 126 valence electrons. The highest BCUT2D eigenvalue weighted by atomic mass is 32.2. The Morgan fingerprint density at radius 1 is 1.00 bits per heavy atom. The van der Waals surface area contributed by atoms with Crippen LogP contribution in [0, 0.1) is 0 Å². The van der Waals surface area contributed by atoms with Gasteiger partial charge in [-0.25, -0.2) is 4.98 Å². The average molecular weight is 353 g/mol. The number of oxazole rings is 1. The average Bonchev–Trinajstić information content (AvgIpc) is 3.28. The van der Waals surface area contributed by atoms with Gasteiger partial charge in [-0.3, -0.25) is 0 Å². The van der Waals surface area contributed by atoms with E-state index in [1.54, 1.807) is 7.11 Å². The molecule has 0 bridgehead atoms. The maximum absolute atomic E-state index is 5.80. The molecule has 1 atom stereocenters. The zero-order chi connectivity index (χ0) is 17.2. The first-order valence-corrected chi connectivity index (χ1v) is 8.61. The molecule has 2 aromatic carbocycles. The number of fused-ring (bicyclic) bond motifs is 1. The Morgan fingerprint density at radius 2 is 1.80 bits per heavy atom. The lowest BCUT2D eigenvalue weighted by atomic mass is 10.2. The number of benzene rings is 2. The van der Waals surface area contributed by atoms with Gasteiger partial charge in [0.25, 0.3) is 5.22 Å². The van der Waals surface area contributed by atoms with E-state index in [0.717, 1.165) is 22.4 Å². The van der Waals surface area contributed by atoms with Gasteiger partial charge >= 0.3 is 0 Å². The molecule has 4 aromatic rings. The number of rotatable bonds is 5. The predicted octanol–water partition coefficient (Wildman–Crippen LogP) is 4.74. The van der Waals surface area contributed by atoms with Crippen LogP contribution in [0.3, 0.4) is 0 Å². The van der Waals surface area contributed by atoms with Crippen LogP contribution in [0.1, 0.15) is 18.1 Å². The van der Waals surface area contributed by atoms with Gasteiger partial charge in [-0.15, -0.1) is 10.2 Å². The van der Waals surface area contributed by atoms with Crippen molar-refractivity contribution in [1.82, 2.24) is 15.2 Å². The highest BCUT2D eigenvalue weighted by molar-refractivity contribution is 7.99. The van der Waals surface area contributed by atoms with Crippen LogP contribution in [0.5, 0.6) is 5.75 Å². The summed E-state index contributed by atoms with van der Waals surface area (Å²) in [6.45, 7) is 1.98. The van der Waals surface area contributed by atoms with Crippen LogP contribution < -0.4 is 4.74 Å². The van der Waals surface area contributed by atoms with E-state index in [4.69, 9.17) is 13.6 Å². The van der Waals surface area contributed by atoms with Crippen molar-refractivity contribution in [2.24, 2.45) is 0 Å².